The second-order valence-corrected chi connectivity index (χ2v) is 11.0. The number of thiophene rings is 1. The summed E-state index contributed by atoms with van der Waals surface area (Å²) in [6, 6.07) is 4.83. The predicted octanol–water partition coefficient (Wildman–Crippen LogP) is 4.06. The zero-order chi connectivity index (χ0) is 20.2. The Kier molecular flexibility index (Phi) is 4.82. The van der Waals surface area contributed by atoms with E-state index < -0.39 is 0 Å². The van der Waals surface area contributed by atoms with Gasteiger partial charge in [0.25, 0.3) is 0 Å². The lowest BCUT2D eigenvalue weighted by Crippen LogP contribution is -2.40. The van der Waals surface area contributed by atoms with E-state index in [1.165, 1.54) is 22.6 Å². The van der Waals surface area contributed by atoms with Crippen LogP contribution in [0.4, 0.5) is 0 Å². The third kappa shape index (κ3) is 3.55. The van der Waals surface area contributed by atoms with E-state index in [4.69, 9.17) is 4.98 Å². The number of imidazole rings is 1. The molecule has 3 aliphatic rings. The van der Waals surface area contributed by atoms with Crippen molar-refractivity contribution in [2.45, 2.75) is 58.5 Å². The number of carbonyl (C=O) groups excluding carboxylic acids is 1. The molecule has 3 fully saturated rings. The smallest absolute Gasteiger partial charge is 0.230 e. The predicted molar refractivity (Wildman–Crippen MR) is 116 cm³/mol. The van der Waals surface area contributed by atoms with Crippen molar-refractivity contribution in [3.05, 3.63) is 40.1 Å². The molecule has 2 aromatic rings. The summed E-state index contributed by atoms with van der Waals surface area (Å²) in [5.41, 5.74) is 0.808. The molecule has 1 spiro atoms. The SMILES string of the molecule is Cc1ccc(CN2C[C@@H](c3cn(C(C)C)cn3)[C@]3(CCN(CC4CC4)C3=O)C2)s1. The molecule has 5 nitrogen and oxygen atoms in total. The van der Waals surface area contributed by atoms with Crippen molar-refractivity contribution < 1.29 is 4.79 Å². The largest absolute Gasteiger partial charge is 0.342 e. The lowest BCUT2D eigenvalue weighted by molar-refractivity contribution is -0.136. The molecule has 2 aliphatic heterocycles. The van der Waals surface area contributed by atoms with Crippen LogP contribution in [0.2, 0.25) is 0 Å². The fraction of sp³-hybridized carbons (Fsp3) is 0.652. The zero-order valence-corrected chi connectivity index (χ0v) is 18.6. The molecule has 1 saturated carbocycles. The van der Waals surface area contributed by atoms with Crippen LogP contribution in [0.25, 0.3) is 0 Å². The number of nitrogens with zero attached hydrogens (tertiary/aromatic N) is 4. The van der Waals surface area contributed by atoms with Gasteiger partial charge >= 0.3 is 0 Å². The monoisotopic (exact) mass is 412 g/mol. The molecular formula is C23H32N4OS. The van der Waals surface area contributed by atoms with Crippen LogP contribution >= 0.6 is 11.3 Å². The average molecular weight is 413 g/mol. The number of aryl methyl sites for hydroxylation is 1. The lowest BCUT2D eigenvalue weighted by Gasteiger charge is -2.28. The number of carbonyl (C=O) groups is 1. The van der Waals surface area contributed by atoms with Crippen molar-refractivity contribution in [2.24, 2.45) is 11.3 Å². The zero-order valence-electron chi connectivity index (χ0n) is 17.8. The van der Waals surface area contributed by atoms with Gasteiger partial charge in [-0.25, -0.2) is 4.98 Å². The fourth-order valence-electron chi connectivity index (χ4n) is 5.22. The van der Waals surface area contributed by atoms with Crippen molar-refractivity contribution in [1.82, 2.24) is 19.4 Å². The third-order valence-electron chi connectivity index (χ3n) is 7.08. The van der Waals surface area contributed by atoms with Gasteiger partial charge in [0.15, 0.2) is 0 Å². The van der Waals surface area contributed by atoms with E-state index >= 15 is 0 Å². The standard InChI is InChI=1S/C23H32N4OS/c1-16(2)27-13-21(24-15-27)20-12-25(11-19-7-4-17(3)29-19)14-23(20)8-9-26(22(23)28)10-18-5-6-18/h4,7,13,15-16,18,20H,5-6,8-12,14H2,1-3H3/t20-,23-/m0/s1. The summed E-state index contributed by atoms with van der Waals surface area (Å²) in [5.74, 6) is 1.33. The topological polar surface area (TPSA) is 41.4 Å². The maximum atomic E-state index is 13.7. The van der Waals surface area contributed by atoms with Crippen LogP contribution < -0.4 is 0 Å². The highest BCUT2D eigenvalue weighted by Crippen LogP contribution is 2.50. The molecule has 2 saturated heterocycles. The van der Waals surface area contributed by atoms with Crippen molar-refractivity contribution >= 4 is 17.2 Å². The second-order valence-electron chi connectivity index (χ2n) is 9.67. The summed E-state index contributed by atoms with van der Waals surface area (Å²) in [5, 5.41) is 0. The van der Waals surface area contributed by atoms with Gasteiger partial charge in [-0.15, -0.1) is 11.3 Å². The first-order valence-corrected chi connectivity index (χ1v) is 11.9. The molecular weight excluding hydrogens is 380 g/mol. The molecule has 2 atom stereocenters. The molecule has 0 N–H and O–H groups in total. The lowest BCUT2D eigenvalue weighted by atomic mass is 9.75. The highest BCUT2D eigenvalue weighted by molar-refractivity contribution is 7.11. The van der Waals surface area contributed by atoms with Crippen LogP contribution in [-0.4, -0.2) is 51.4 Å². The molecule has 1 amide bonds. The number of hydrogen-bond acceptors (Lipinski definition) is 4. The van der Waals surface area contributed by atoms with E-state index in [2.05, 4.69) is 53.5 Å². The second kappa shape index (κ2) is 7.24. The van der Waals surface area contributed by atoms with Gasteiger partial charge in [0.1, 0.15) is 0 Å². The molecule has 0 bridgehead atoms. The van der Waals surface area contributed by atoms with Gasteiger partial charge in [0.2, 0.25) is 5.91 Å². The number of likely N-dealkylation sites (tertiary alicyclic amines) is 2. The van der Waals surface area contributed by atoms with Gasteiger partial charge in [-0.3, -0.25) is 9.69 Å². The molecule has 0 aromatic carbocycles. The van der Waals surface area contributed by atoms with Gasteiger partial charge in [-0.1, -0.05) is 0 Å². The Morgan fingerprint density at radius 1 is 1.31 bits per heavy atom. The summed E-state index contributed by atoms with van der Waals surface area (Å²) in [4.78, 5) is 25.9. The normalized spacial score (nSPS) is 27.8. The molecule has 4 heterocycles. The fourth-order valence-corrected chi connectivity index (χ4v) is 6.16. The van der Waals surface area contributed by atoms with Crippen molar-refractivity contribution in [3.8, 4) is 0 Å². The summed E-state index contributed by atoms with van der Waals surface area (Å²) >= 11 is 1.87. The minimum absolute atomic E-state index is 0.195. The van der Waals surface area contributed by atoms with E-state index in [-0.39, 0.29) is 11.3 Å². The van der Waals surface area contributed by atoms with Crippen molar-refractivity contribution in [1.29, 1.82) is 0 Å². The molecule has 2 aromatic heterocycles. The van der Waals surface area contributed by atoms with Crippen molar-refractivity contribution in [3.63, 3.8) is 0 Å². The number of amides is 1. The molecule has 29 heavy (non-hydrogen) atoms. The minimum atomic E-state index is -0.294. The summed E-state index contributed by atoms with van der Waals surface area (Å²) in [6.45, 7) is 11.1. The summed E-state index contributed by atoms with van der Waals surface area (Å²) in [7, 11) is 0. The Labute approximate surface area is 177 Å². The molecule has 1 aliphatic carbocycles. The third-order valence-corrected chi connectivity index (χ3v) is 8.07. The number of hydrogen-bond donors (Lipinski definition) is 0. The van der Waals surface area contributed by atoms with Gasteiger partial charge in [0.05, 0.1) is 17.4 Å². The average Bonchev–Trinajstić information content (AvgIpc) is 3.02. The van der Waals surface area contributed by atoms with E-state index in [0.717, 1.165) is 50.8 Å². The van der Waals surface area contributed by atoms with Gasteiger partial charge in [0, 0.05) is 60.6 Å². The van der Waals surface area contributed by atoms with Gasteiger partial charge < -0.3 is 9.47 Å². The minimum Gasteiger partial charge on any atom is -0.342 e. The van der Waals surface area contributed by atoms with E-state index in [1.807, 2.05) is 17.7 Å². The quantitative estimate of drug-likeness (QED) is 0.718. The number of aromatic nitrogens is 2. The van der Waals surface area contributed by atoms with Crippen LogP contribution in [0.5, 0.6) is 0 Å². The summed E-state index contributed by atoms with van der Waals surface area (Å²) < 4.78 is 2.18. The van der Waals surface area contributed by atoms with Crippen LogP contribution in [0.15, 0.2) is 24.7 Å². The Hall–Kier alpha value is -1.66. The molecule has 5 rings (SSSR count). The maximum Gasteiger partial charge on any atom is 0.230 e. The van der Waals surface area contributed by atoms with Gasteiger partial charge in [-0.2, -0.15) is 0 Å². The van der Waals surface area contributed by atoms with Crippen LogP contribution in [-0.2, 0) is 11.3 Å². The van der Waals surface area contributed by atoms with E-state index in [0.29, 0.717) is 11.9 Å². The first-order valence-electron chi connectivity index (χ1n) is 11.0. The number of rotatable bonds is 6. The van der Waals surface area contributed by atoms with Crippen LogP contribution in [0, 0.1) is 18.3 Å². The summed E-state index contributed by atoms with van der Waals surface area (Å²) in [6.07, 6.45) is 7.69. The molecule has 0 unspecified atom stereocenters. The molecule has 6 heteroatoms. The Morgan fingerprint density at radius 3 is 2.79 bits per heavy atom. The first-order chi connectivity index (χ1) is 13.9. The van der Waals surface area contributed by atoms with Crippen LogP contribution in [0.1, 0.15) is 60.5 Å². The van der Waals surface area contributed by atoms with Crippen molar-refractivity contribution in [2.75, 3.05) is 26.2 Å². The highest BCUT2D eigenvalue weighted by atomic mass is 32.1. The maximum absolute atomic E-state index is 13.7. The Balaban J connectivity index is 1.43. The molecule has 0 radical (unpaired) electrons. The first kappa shape index (κ1) is 19.3. The van der Waals surface area contributed by atoms with Crippen LogP contribution in [0.3, 0.4) is 0 Å². The Bertz CT molecular complexity index is 898. The Morgan fingerprint density at radius 2 is 2.14 bits per heavy atom. The molecule has 156 valence electrons. The van der Waals surface area contributed by atoms with E-state index in [9.17, 15) is 4.79 Å². The van der Waals surface area contributed by atoms with E-state index in [1.54, 1.807) is 0 Å². The van der Waals surface area contributed by atoms with Gasteiger partial charge in [-0.05, 0) is 58.1 Å². The highest BCUT2D eigenvalue weighted by Gasteiger charge is 2.58.